The van der Waals surface area contributed by atoms with Gasteiger partial charge in [-0.15, -0.1) is 0 Å². The van der Waals surface area contributed by atoms with E-state index < -0.39 is 0 Å². The van der Waals surface area contributed by atoms with Gasteiger partial charge in [-0.2, -0.15) is 5.26 Å². The molecule has 0 saturated heterocycles. The smallest absolute Gasteiger partial charge is 0.256 e. The highest BCUT2D eigenvalue weighted by Gasteiger charge is 2.61. The topological polar surface area (TPSA) is 91.0 Å². The lowest BCUT2D eigenvalue weighted by molar-refractivity contribution is -0.181. The van der Waals surface area contributed by atoms with E-state index in [0.29, 0.717) is 23.6 Å². The second kappa shape index (κ2) is 7.91. The molecular weight excluding hydrogens is 412 g/mol. The number of carbonyl (C=O) groups excluding carboxylic acids is 1. The third kappa shape index (κ3) is 3.30. The number of nitrogens with zero attached hydrogens (tertiary/aromatic N) is 2. The van der Waals surface area contributed by atoms with Crippen LogP contribution in [-0.2, 0) is 6.54 Å². The molecule has 2 heterocycles. The van der Waals surface area contributed by atoms with Crippen LogP contribution >= 0.6 is 0 Å². The molecule has 0 bridgehead atoms. The van der Waals surface area contributed by atoms with Crippen LogP contribution in [0.4, 0.5) is 5.82 Å². The number of amides is 1. The molecule has 33 heavy (non-hydrogen) atoms. The number of nitrogens with one attached hydrogen (secondary N) is 2. The summed E-state index contributed by atoms with van der Waals surface area (Å²) in [5.74, 6) is 5.03. The van der Waals surface area contributed by atoms with Gasteiger partial charge in [0.1, 0.15) is 17.5 Å². The maximum atomic E-state index is 13.0. The fraction of sp³-hybridized carbons (Fsp3) is 0.444. The Morgan fingerprint density at radius 3 is 2.82 bits per heavy atom. The van der Waals surface area contributed by atoms with Crippen LogP contribution in [-0.4, -0.2) is 16.9 Å². The zero-order valence-corrected chi connectivity index (χ0v) is 18.8. The van der Waals surface area contributed by atoms with Gasteiger partial charge in [-0.25, -0.2) is 4.98 Å². The zero-order chi connectivity index (χ0) is 22.5. The van der Waals surface area contributed by atoms with Crippen LogP contribution in [0.15, 0.2) is 47.0 Å². The van der Waals surface area contributed by atoms with E-state index in [-0.39, 0.29) is 17.2 Å². The number of nitriles is 1. The molecule has 3 aliphatic rings. The van der Waals surface area contributed by atoms with Gasteiger partial charge in [0, 0.05) is 18.0 Å². The molecule has 3 aliphatic carbocycles. The van der Waals surface area contributed by atoms with Gasteiger partial charge in [0.15, 0.2) is 5.58 Å². The van der Waals surface area contributed by atoms with Gasteiger partial charge in [0.05, 0.1) is 6.20 Å². The van der Waals surface area contributed by atoms with E-state index in [0.717, 1.165) is 41.0 Å². The lowest BCUT2D eigenvalue weighted by Crippen LogP contribution is -2.63. The number of pyridine rings is 1. The van der Waals surface area contributed by atoms with Gasteiger partial charge >= 0.3 is 0 Å². The molecule has 1 aromatic carbocycles. The Bertz CT molecular complexity index is 1240. The predicted molar refractivity (Wildman–Crippen MR) is 125 cm³/mol. The molecule has 2 aromatic heterocycles. The first kappa shape index (κ1) is 20.3. The maximum Gasteiger partial charge on any atom is 0.256 e. The Kier molecular flexibility index (Phi) is 4.86. The highest BCUT2D eigenvalue weighted by atomic mass is 16.3. The standard InChI is InChI=1S/C27H28N4O2/c1-2-18-19-9-16-8-17(10-20(18)25(16)19)31-24-11-21-23(14-29-24)33-22(12-28)26(21)27(32)30-13-15-6-4-3-5-7-15/h3-7,11,14,16-20,25H,2,8-10,13H2,1H3,(H,29,31)(H,30,32). The van der Waals surface area contributed by atoms with Crippen molar-refractivity contribution in [2.75, 3.05) is 5.32 Å². The molecule has 6 unspecified atom stereocenters. The monoisotopic (exact) mass is 440 g/mol. The first-order valence-corrected chi connectivity index (χ1v) is 12.1. The van der Waals surface area contributed by atoms with Crippen molar-refractivity contribution in [3.63, 3.8) is 0 Å². The van der Waals surface area contributed by atoms with Crippen molar-refractivity contribution < 1.29 is 9.21 Å². The van der Waals surface area contributed by atoms with Gasteiger partial charge in [-0.05, 0) is 60.5 Å². The van der Waals surface area contributed by atoms with Gasteiger partial charge in [-0.1, -0.05) is 43.7 Å². The highest BCUT2D eigenvalue weighted by Crippen LogP contribution is 2.67. The number of furan rings is 1. The number of hydrogen-bond donors (Lipinski definition) is 2. The quantitative estimate of drug-likeness (QED) is 0.556. The van der Waals surface area contributed by atoms with Crippen LogP contribution in [0.2, 0.25) is 0 Å². The summed E-state index contributed by atoms with van der Waals surface area (Å²) in [7, 11) is 0. The summed E-state index contributed by atoms with van der Waals surface area (Å²) >= 11 is 0. The summed E-state index contributed by atoms with van der Waals surface area (Å²) in [5.41, 5.74) is 1.73. The molecule has 0 spiro atoms. The molecule has 6 nitrogen and oxygen atoms in total. The molecule has 0 aliphatic heterocycles. The molecule has 6 atom stereocenters. The third-order valence-electron chi connectivity index (χ3n) is 8.38. The lowest BCUT2D eigenvalue weighted by atomic mass is 9.38. The van der Waals surface area contributed by atoms with Gasteiger partial charge < -0.3 is 15.1 Å². The van der Waals surface area contributed by atoms with Crippen molar-refractivity contribution >= 4 is 22.7 Å². The summed E-state index contributed by atoms with van der Waals surface area (Å²) in [4.78, 5) is 17.6. The highest BCUT2D eigenvalue weighted by molar-refractivity contribution is 6.08. The van der Waals surface area contributed by atoms with Crippen LogP contribution in [0.1, 0.15) is 54.3 Å². The molecule has 6 heteroatoms. The normalized spacial score (nSPS) is 29.3. The van der Waals surface area contributed by atoms with Gasteiger partial charge in [0.2, 0.25) is 5.76 Å². The zero-order valence-electron chi connectivity index (χ0n) is 18.8. The van der Waals surface area contributed by atoms with E-state index in [1.165, 1.54) is 25.7 Å². The maximum absolute atomic E-state index is 13.0. The average molecular weight is 441 g/mol. The molecular formula is C27H28N4O2. The van der Waals surface area contributed by atoms with Gasteiger partial charge in [-0.3, -0.25) is 4.79 Å². The van der Waals surface area contributed by atoms with Crippen molar-refractivity contribution in [1.29, 1.82) is 5.26 Å². The first-order valence-electron chi connectivity index (χ1n) is 12.1. The fourth-order valence-corrected chi connectivity index (χ4v) is 6.96. The van der Waals surface area contributed by atoms with Crippen molar-refractivity contribution in [1.82, 2.24) is 10.3 Å². The van der Waals surface area contributed by atoms with E-state index >= 15 is 0 Å². The minimum absolute atomic E-state index is 0.0239. The Morgan fingerprint density at radius 1 is 1.21 bits per heavy atom. The Morgan fingerprint density at radius 2 is 2.03 bits per heavy atom. The van der Waals surface area contributed by atoms with Crippen molar-refractivity contribution in [3.8, 4) is 6.07 Å². The van der Waals surface area contributed by atoms with Crippen molar-refractivity contribution in [2.45, 2.75) is 45.2 Å². The van der Waals surface area contributed by atoms with E-state index in [9.17, 15) is 10.1 Å². The third-order valence-corrected chi connectivity index (χ3v) is 8.38. The van der Waals surface area contributed by atoms with Crippen molar-refractivity contribution in [2.24, 2.45) is 29.6 Å². The molecule has 3 aromatic rings. The number of hydrogen-bond acceptors (Lipinski definition) is 5. The number of carbonyl (C=O) groups is 1. The second-order valence-electron chi connectivity index (χ2n) is 9.94. The predicted octanol–water partition coefficient (Wildman–Crippen LogP) is 5.11. The Hall–Kier alpha value is -3.33. The number of anilines is 1. The summed E-state index contributed by atoms with van der Waals surface area (Å²) < 4.78 is 5.65. The SMILES string of the molecule is CCC1C2CC(Nc3cc4c(C(=O)NCc5ccccc5)c(C#N)oc4cn3)CC3CC1C32. The van der Waals surface area contributed by atoms with E-state index in [1.807, 2.05) is 42.5 Å². The number of benzene rings is 1. The van der Waals surface area contributed by atoms with E-state index in [2.05, 4.69) is 22.5 Å². The van der Waals surface area contributed by atoms with Crippen LogP contribution in [0.3, 0.4) is 0 Å². The number of aromatic nitrogens is 1. The van der Waals surface area contributed by atoms with Crippen LogP contribution in [0, 0.1) is 40.9 Å². The fourth-order valence-electron chi connectivity index (χ4n) is 6.96. The molecule has 2 N–H and O–H groups in total. The summed E-state index contributed by atoms with van der Waals surface area (Å²) in [6, 6.07) is 14.0. The summed E-state index contributed by atoms with van der Waals surface area (Å²) in [5, 5.41) is 16.8. The van der Waals surface area contributed by atoms with Crippen LogP contribution in [0.25, 0.3) is 11.0 Å². The molecule has 0 radical (unpaired) electrons. The Labute approximate surface area is 193 Å². The molecule has 168 valence electrons. The van der Waals surface area contributed by atoms with Gasteiger partial charge in [0.25, 0.3) is 5.91 Å². The van der Waals surface area contributed by atoms with Crippen molar-refractivity contribution in [3.05, 3.63) is 59.5 Å². The lowest BCUT2D eigenvalue weighted by Gasteiger charge is -2.68. The summed E-state index contributed by atoms with van der Waals surface area (Å²) in [6.07, 6.45) is 6.71. The Balaban J connectivity index is 1.22. The number of fused-ring (bicyclic) bond motifs is 1. The molecule has 3 fully saturated rings. The molecule has 3 saturated carbocycles. The second-order valence-corrected chi connectivity index (χ2v) is 9.94. The van der Waals surface area contributed by atoms with E-state index in [4.69, 9.17) is 4.42 Å². The first-order chi connectivity index (χ1) is 16.2. The van der Waals surface area contributed by atoms with Crippen LogP contribution < -0.4 is 10.6 Å². The average Bonchev–Trinajstić information content (AvgIpc) is 3.18. The molecule has 6 rings (SSSR count). The van der Waals surface area contributed by atoms with E-state index in [1.54, 1.807) is 6.20 Å². The summed E-state index contributed by atoms with van der Waals surface area (Å²) in [6.45, 7) is 2.72. The minimum Gasteiger partial charge on any atom is -0.443 e. The largest absolute Gasteiger partial charge is 0.443 e. The minimum atomic E-state index is -0.312. The number of rotatable bonds is 6. The van der Waals surface area contributed by atoms with Crippen LogP contribution in [0.5, 0.6) is 0 Å². The molecule has 1 amide bonds.